The van der Waals surface area contributed by atoms with Crippen LogP contribution in [0.15, 0.2) is 68.8 Å². The lowest BCUT2D eigenvalue weighted by Gasteiger charge is -2.38. The first kappa shape index (κ1) is 16.5. The second kappa shape index (κ2) is 6.20. The van der Waals surface area contributed by atoms with E-state index >= 15 is 0 Å². The number of nitrogens with zero attached hydrogens (tertiary/aromatic N) is 2. The van der Waals surface area contributed by atoms with Crippen LogP contribution in [0.3, 0.4) is 0 Å². The highest BCUT2D eigenvalue weighted by atomic mass is 79.9. The van der Waals surface area contributed by atoms with Crippen LogP contribution in [0.4, 0.5) is 8.78 Å². The fourth-order valence-electron chi connectivity index (χ4n) is 3.54. The van der Waals surface area contributed by atoms with E-state index in [1.54, 1.807) is 11.3 Å². The molecular weight excluding hydrogens is 418 g/mol. The van der Waals surface area contributed by atoms with Crippen LogP contribution in [0.5, 0.6) is 5.75 Å². The Morgan fingerprint density at radius 1 is 1.07 bits per heavy atom. The molecule has 0 bridgehead atoms. The number of hydrogen-bond acceptors (Lipinski definition) is 4. The van der Waals surface area contributed by atoms with Crippen LogP contribution in [-0.4, -0.2) is 10.7 Å². The standard InChI is InChI=1S/C20H13BrF2N2O2/c21-12-4-6-18-13(9-12)17-10-16(19-2-1-7-26-19)24-25(17)20(27-18)11-3-5-14(22)15(23)8-11/h1-9,17,20H,10H2/t17-,20+/m1/s1. The minimum atomic E-state index is -0.913. The third-order valence-electron chi connectivity index (χ3n) is 4.79. The first-order chi connectivity index (χ1) is 13.1. The Balaban J connectivity index is 1.62. The molecule has 136 valence electrons. The molecule has 4 nitrogen and oxygen atoms in total. The predicted octanol–water partition coefficient (Wildman–Crippen LogP) is 5.56. The Morgan fingerprint density at radius 3 is 2.74 bits per heavy atom. The Morgan fingerprint density at radius 2 is 1.96 bits per heavy atom. The van der Waals surface area contributed by atoms with Crippen molar-refractivity contribution in [3.05, 3.63) is 87.8 Å². The maximum Gasteiger partial charge on any atom is 0.213 e. The Bertz CT molecular complexity index is 1050. The van der Waals surface area contributed by atoms with Crippen LogP contribution in [0, 0.1) is 11.6 Å². The van der Waals surface area contributed by atoms with Crippen molar-refractivity contribution in [2.24, 2.45) is 5.10 Å². The lowest BCUT2D eigenvalue weighted by atomic mass is 9.97. The van der Waals surface area contributed by atoms with Gasteiger partial charge in [0.2, 0.25) is 6.23 Å². The van der Waals surface area contributed by atoms with Gasteiger partial charge in [-0.1, -0.05) is 22.0 Å². The average Bonchev–Trinajstić information content (AvgIpc) is 3.33. The minimum absolute atomic E-state index is 0.0931. The van der Waals surface area contributed by atoms with Crippen LogP contribution in [0.25, 0.3) is 0 Å². The van der Waals surface area contributed by atoms with Gasteiger partial charge in [-0.25, -0.2) is 13.8 Å². The minimum Gasteiger partial charge on any atom is -0.464 e. The summed E-state index contributed by atoms with van der Waals surface area (Å²) in [6.45, 7) is 0. The molecule has 0 fully saturated rings. The summed E-state index contributed by atoms with van der Waals surface area (Å²) in [4.78, 5) is 0. The highest BCUT2D eigenvalue weighted by Crippen LogP contribution is 2.48. The molecule has 2 atom stereocenters. The normalized spacial score (nSPS) is 20.7. The number of rotatable bonds is 2. The third-order valence-corrected chi connectivity index (χ3v) is 5.28. The zero-order valence-corrected chi connectivity index (χ0v) is 15.5. The summed E-state index contributed by atoms with van der Waals surface area (Å²) < 4.78 is 39.8. The van der Waals surface area contributed by atoms with Gasteiger partial charge in [-0.3, -0.25) is 0 Å². The van der Waals surface area contributed by atoms with Crippen molar-refractivity contribution < 1.29 is 17.9 Å². The van der Waals surface area contributed by atoms with Crippen LogP contribution >= 0.6 is 15.9 Å². The number of halogens is 3. The summed E-state index contributed by atoms with van der Waals surface area (Å²) in [7, 11) is 0. The van der Waals surface area contributed by atoms with Gasteiger partial charge in [-0.05, 0) is 42.5 Å². The summed E-state index contributed by atoms with van der Waals surface area (Å²) in [5, 5.41) is 6.48. The van der Waals surface area contributed by atoms with Crippen molar-refractivity contribution in [2.45, 2.75) is 18.7 Å². The highest BCUT2D eigenvalue weighted by Gasteiger charge is 2.41. The van der Waals surface area contributed by atoms with E-state index in [1.165, 1.54) is 6.07 Å². The van der Waals surface area contributed by atoms with E-state index in [4.69, 9.17) is 14.3 Å². The van der Waals surface area contributed by atoms with E-state index in [1.807, 2.05) is 30.3 Å². The topological polar surface area (TPSA) is 38.0 Å². The lowest BCUT2D eigenvalue weighted by molar-refractivity contribution is -0.0193. The van der Waals surface area contributed by atoms with Gasteiger partial charge < -0.3 is 9.15 Å². The van der Waals surface area contributed by atoms with Crippen molar-refractivity contribution in [3.8, 4) is 5.75 Å². The molecule has 0 aliphatic carbocycles. The van der Waals surface area contributed by atoms with E-state index in [0.717, 1.165) is 27.9 Å². The van der Waals surface area contributed by atoms with Gasteiger partial charge >= 0.3 is 0 Å². The van der Waals surface area contributed by atoms with Crippen LogP contribution < -0.4 is 4.74 Å². The number of hydrogen-bond donors (Lipinski definition) is 0. The Labute approximate surface area is 162 Å². The molecule has 5 rings (SSSR count). The number of furan rings is 1. The van der Waals surface area contributed by atoms with E-state index in [0.29, 0.717) is 23.5 Å². The first-order valence-corrected chi connectivity index (χ1v) is 9.20. The van der Waals surface area contributed by atoms with E-state index in [2.05, 4.69) is 15.9 Å². The first-order valence-electron chi connectivity index (χ1n) is 8.41. The SMILES string of the molecule is Fc1ccc([C@@H]2Oc3ccc(Br)cc3[C@H]3CC(c4ccco4)=NN32)cc1F. The summed E-state index contributed by atoms with van der Waals surface area (Å²) in [6.07, 6.45) is 1.56. The molecule has 2 aliphatic heterocycles. The zero-order valence-electron chi connectivity index (χ0n) is 13.9. The molecule has 0 unspecified atom stereocenters. The molecule has 0 radical (unpaired) electrons. The van der Waals surface area contributed by atoms with Gasteiger partial charge in [0.1, 0.15) is 17.2 Å². The number of hydrazone groups is 1. The molecule has 1 aromatic heterocycles. The molecule has 3 aromatic rings. The second-order valence-electron chi connectivity index (χ2n) is 6.45. The fourth-order valence-corrected chi connectivity index (χ4v) is 3.91. The van der Waals surface area contributed by atoms with Gasteiger partial charge in [0, 0.05) is 22.0 Å². The number of fused-ring (bicyclic) bond motifs is 3. The van der Waals surface area contributed by atoms with E-state index in [9.17, 15) is 8.78 Å². The zero-order chi connectivity index (χ0) is 18.5. The molecule has 0 N–H and O–H groups in total. The van der Waals surface area contributed by atoms with Crippen molar-refractivity contribution >= 4 is 21.6 Å². The van der Waals surface area contributed by atoms with Crippen LogP contribution in [-0.2, 0) is 0 Å². The van der Waals surface area contributed by atoms with Crippen LogP contribution in [0.1, 0.15) is 35.6 Å². The highest BCUT2D eigenvalue weighted by molar-refractivity contribution is 9.10. The van der Waals surface area contributed by atoms with Gasteiger partial charge in [-0.15, -0.1) is 0 Å². The average molecular weight is 431 g/mol. The van der Waals surface area contributed by atoms with Crippen molar-refractivity contribution in [1.29, 1.82) is 0 Å². The molecule has 2 aliphatic rings. The second-order valence-corrected chi connectivity index (χ2v) is 7.37. The fraction of sp³-hybridized carbons (Fsp3) is 0.150. The van der Waals surface area contributed by atoms with E-state index in [-0.39, 0.29) is 6.04 Å². The third kappa shape index (κ3) is 2.73. The van der Waals surface area contributed by atoms with Gasteiger partial charge in [-0.2, -0.15) is 5.10 Å². The summed E-state index contributed by atoms with van der Waals surface area (Å²) in [6, 6.07) is 13.1. The molecule has 0 spiro atoms. The molecule has 3 heterocycles. The van der Waals surface area contributed by atoms with Crippen molar-refractivity contribution in [2.75, 3.05) is 0 Å². The van der Waals surface area contributed by atoms with Crippen LogP contribution in [0.2, 0.25) is 0 Å². The van der Waals surface area contributed by atoms with E-state index < -0.39 is 17.9 Å². The maximum absolute atomic E-state index is 13.8. The molecule has 7 heteroatoms. The lowest BCUT2D eigenvalue weighted by Crippen LogP contribution is -2.33. The molecule has 2 aromatic carbocycles. The summed E-state index contributed by atoms with van der Waals surface area (Å²) in [5.41, 5.74) is 2.26. The summed E-state index contributed by atoms with van der Waals surface area (Å²) >= 11 is 3.50. The monoisotopic (exact) mass is 430 g/mol. The smallest absolute Gasteiger partial charge is 0.213 e. The molecular formula is C20H13BrF2N2O2. The quantitative estimate of drug-likeness (QED) is 0.533. The van der Waals surface area contributed by atoms with Crippen molar-refractivity contribution in [1.82, 2.24) is 5.01 Å². The predicted molar refractivity (Wildman–Crippen MR) is 98.3 cm³/mol. The molecule has 0 amide bonds. The van der Waals surface area contributed by atoms with Gasteiger partial charge in [0.15, 0.2) is 11.6 Å². The summed E-state index contributed by atoms with van der Waals surface area (Å²) in [5.74, 6) is -0.421. The maximum atomic E-state index is 13.8. The molecule has 0 saturated heterocycles. The van der Waals surface area contributed by atoms with Gasteiger partial charge in [0.25, 0.3) is 0 Å². The van der Waals surface area contributed by atoms with Crippen molar-refractivity contribution in [3.63, 3.8) is 0 Å². The largest absolute Gasteiger partial charge is 0.464 e. The Kier molecular flexibility index (Phi) is 3.79. The Hall–Kier alpha value is -2.67. The number of ether oxygens (including phenoxy) is 1. The molecule has 27 heavy (non-hydrogen) atoms. The van der Waals surface area contributed by atoms with Gasteiger partial charge in [0.05, 0.1) is 12.3 Å². The number of benzene rings is 2. The molecule has 0 saturated carbocycles.